The highest BCUT2D eigenvalue weighted by molar-refractivity contribution is 5.85. The average Bonchev–Trinajstić information content (AvgIpc) is 2.92. The van der Waals surface area contributed by atoms with E-state index in [9.17, 15) is 4.79 Å². The van der Waals surface area contributed by atoms with E-state index in [4.69, 9.17) is 4.74 Å². The highest BCUT2D eigenvalue weighted by Gasteiger charge is 2.16. The van der Waals surface area contributed by atoms with Crippen LogP contribution in [-0.2, 0) is 11.3 Å². The van der Waals surface area contributed by atoms with Crippen molar-refractivity contribution in [3.05, 3.63) is 58.2 Å². The number of rotatable bonds is 3. The summed E-state index contributed by atoms with van der Waals surface area (Å²) in [6.07, 6.45) is 0. The van der Waals surface area contributed by atoms with Crippen molar-refractivity contribution in [2.75, 3.05) is 0 Å². The molecule has 2 aromatic heterocycles. The molecule has 2 heterocycles. The summed E-state index contributed by atoms with van der Waals surface area (Å²) >= 11 is 0. The zero-order chi connectivity index (χ0) is 16.6. The van der Waals surface area contributed by atoms with Gasteiger partial charge in [-0.2, -0.15) is 4.98 Å². The topological polar surface area (TPSA) is 69.4 Å². The zero-order valence-electron chi connectivity index (χ0n) is 13.6. The predicted molar refractivity (Wildman–Crippen MR) is 85.3 cm³/mol. The quantitative estimate of drug-likeness (QED) is 0.696. The summed E-state index contributed by atoms with van der Waals surface area (Å²) in [5.74, 6) is -0.119. The minimum atomic E-state index is -0.548. The van der Waals surface area contributed by atoms with Crippen LogP contribution in [0.3, 0.4) is 0 Å². The molecule has 0 aliphatic rings. The third-order valence-electron chi connectivity index (χ3n) is 3.66. The zero-order valence-corrected chi connectivity index (χ0v) is 13.6. The summed E-state index contributed by atoms with van der Waals surface area (Å²) < 4.78 is 6.89. The lowest BCUT2D eigenvalue weighted by molar-refractivity contribution is 0.0458. The normalized spacial score (nSPS) is 11.0. The van der Waals surface area contributed by atoms with Gasteiger partial charge in [0.15, 0.2) is 0 Å². The van der Waals surface area contributed by atoms with E-state index in [2.05, 4.69) is 15.1 Å². The van der Waals surface area contributed by atoms with Gasteiger partial charge in [-0.05, 0) is 44.9 Å². The maximum atomic E-state index is 12.2. The smallest absolute Gasteiger partial charge is 0.378 e. The highest BCUT2D eigenvalue weighted by atomic mass is 16.5. The molecule has 6 nitrogen and oxygen atoms in total. The van der Waals surface area contributed by atoms with Gasteiger partial charge in [0.1, 0.15) is 6.61 Å². The molecule has 0 aliphatic carbocycles. The number of fused-ring (bicyclic) bond motifs is 1. The van der Waals surface area contributed by atoms with Crippen molar-refractivity contribution in [2.45, 2.75) is 34.3 Å². The van der Waals surface area contributed by atoms with Crippen molar-refractivity contribution in [3.8, 4) is 0 Å². The molecule has 0 unspecified atom stereocenters. The second-order valence-corrected chi connectivity index (χ2v) is 5.69. The van der Waals surface area contributed by atoms with Crippen LogP contribution in [0.5, 0.6) is 0 Å². The van der Waals surface area contributed by atoms with Crippen molar-refractivity contribution in [1.82, 2.24) is 19.6 Å². The molecule has 0 bridgehead atoms. The Labute approximate surface area is 134 Å². The van der Waals surface area contributed by atoms with Crippen LogP contribution in [0.25, 0.3) is 5.78 Å². The highest BCUT2D eigenvalue weighted by Crippen LogP contribution is 2.13. The van der Waals surface area contributed by atoms with Crippen LogP contribution < -0.4 is 0 Å². The Bertz CT molecular complexity index is 899. The number of aryl methyl sites for hydroxylation is 4. The van der Waals surface area contributed by atoms with E-state index in [1.807, 2.05) is 52.0 Å². The largest absolute Gasteiger partial charge is 0.455 e. The summed E-state index contributed by atoms with van der Waals surface area (Å²) in [7, 11) is 0. The van der Waals surface area contributed by atoms with Gasteiger partial charge in [0, 0.05) is 11.4 Å². The van der Waals surface area contributed by atoms with Crippen LogP contribution >= 0.6 is 0 Å². The van der Waals surface area contributed by atoms with E-state index in [-0.39, 0.29) is 12.4 Å². The molecule has 0 amide bonds. The van der Waals surface area contributed by atoms with Gasteiger partial charge >= 0.3 is 5.97 Å². The Morgan fingerprint density at radius 1 is 1.13 bits per heavy atom. The molecule has 0 spiro atoms. The van der Waals surface area contributed by atoms with Gasteiger partial charge in [-0.25, -0.2) is 14.3 Å². The van der Waals surface area contributed by atoms with Crippen molar-refractivity contribution >= 4 is 11.7 Å². The maximum absolute atomic E-state index is 12.2. The van der Waals surface area contributed by atoms with Gasteiger partial charge in [-0.3, -0.25) is 0 Å². The summed E-state index contributed by atoms with van der Waals surface area (Å²) in [6, 6.07) is 7.93. The lowest BCUT2D eigenvalue weighted by Gasteiger charge is -2.07. The third kappa shape index (κ3) is 3.06. The fraction of sp³-hybridized carbons (Fsp3) is 0.294. The Morgan fingerprint density at radius 3 is 2.70 bits per heavy atom. The summed E-state index contributed by atoms with van der Waals surface area (Å²) in [5.41, 5.74) is 4.89. The van der Waals surface area contributed by atoms with Crippen molar-refractivity contribution in [2.24, 2.45) is 0 Å². The van der Waals surface area contributed by atoms with Crippen LogP contribution in [0, 0.1) is 27.7 Å². The van der Waals surface area contributed by atoms with Crippen LogP contribution in [0.4, 0.5) is 0 Å². The lowest BCUT2D eigenvalue weighted by atomic mass is 10.1. The van der Waals surface area contributed by atoms with Crippen LogP contribution in [0.1, 0.15) is 38.7 Å². The minimum Gasteiger partial charge on any atom is -0.455 e. The number of benzene rings is 1. The van der Waals surface area contributed by atoms with E-state index in [1.165, 1.54) is 0 Å². The molecule has 6 heteroatoms. The number of carbonyl (C=O) groups is 1. The maximum Gasteiger partial charge on any atom is 0.378 e. The van der Waals surface area contributed by atoms with E-state index in [0.717, 1.165) is 28.1 Å². The first kappa shape index (κ1) is 15.1. The van der Waals surface area contributed by atoms with Crippen LogP contribution in [-0.4, -0.2) is 25.6 Å². The van der Waals surface area contributed by atoms with Gasteiger partial charge in [0.05, 0.1) is 0 Å². The molecule has 23 heavy (non-hydrogen) atoms. The molecule has 0 radical (unpaired) electrons. The summed E-state index contributed by atoms with van der Waals surface area (Å²) in [6.45, 7) is 7.96. The third-order valence-corrected chi connectivity index (χ3v) is 3.66. The molecular formula is C17H18N4O2. The number of carbonyl (C=O) groups excluding carboxylic acids is 1. The summed E-state index contributed by atoms with van der Waals surface area (Å²) in [5, 5.41) is 4.17. The SMILES string of the molecule is Cc1ccc(C)c(COC(=O)c2nc3nc(C)cc(C)n3n2)c1. The average molecular weight is 310 g/mol. The number of nitrogens with zero attached hydrogens (tertiary/aromatic N) is 4. The van der Waals surface area contributed by atoms with Crippen molar-refractivity contribution in [3.63, 3.8) is 0 Å². The Kier molecular flexibility index (Phi) is 3.82. The Morgan fingerprint density at radius 2 is 1.91 bits per heavy atom. The lowest BCUT2D eigenvalue weighted by Crippen LogP contribution is -2.08. The first-order valence-corrected chi connectivity index (χ1v) is 7.38. The predicted octanol–water partition coefficient (Wildman–Crippen LogP) is 2.71. The molecule has 1 aromatic carbocycles. The van der Waals surface area contributed by atoms with Crippen LogP contribution in [0.15, 0.2) is 24.3 Å². The molecule has 3 rings (SSSR count). The molecule has 0 saturated carbocycles. The van der Waals surface area contributed by atoms with Crippen molar-refractivity contribution in [1.29, 1.82) is 0 Å². The van der Waals surface area contributed by atoms with Gasteiger partial charge in [-0.1, -0.05) is 23.8 Å². The number of esters is 1. The molecule has 0 aliphatic heterocycles. The van der Waals surface area contributed by atoms with Crippen LogP contribution in [0.2, 0.25) is 0 Å². The molecule has 0 N–H and O–H groups in total. The molecule has 0 atom stereocenters. The summed E-state index contributed by atoms with van der Waals surface area (Å²) in [4.78, 5) is 20.6. The fourth-order valence-electron chi connectivity index (χ4n) is 2.42. The van der Waals surface area contributed by atoms with Gasteiger partial charge in [0.25, 0.3) is 11.6 Å². The molecular weight excluding hydrogens is 292 g/mol. The first-order chi connectivity index (χ1) is 10.9. The number of ether oxygens (including phenoxy) is 1. The molecule has 0 saturated heterocycles. The second-order valence-electron chi connectivity index (χ2n) is 5.69. The van der Waals surface area contributed by atoms with E-state index in [1.54, 1.807) is 4.52 Å². The van der Waals surface area contributed by atoms with E-state index >= 15 is 0 Å². The Hall–Kier alpha value is -2.76. The van der Waals surface area contributed by atoms with E-state index in [0.29, 0.717) is 5.78 Å². The molecule has 118 valence electrons. The van der Waals surface area contributed by atoms with E-state index < -0.39 is 5.97 Å². The number of hydrogen-bond donors (Lipinski definition) is 0. The Balaban J connectivity index is 1.81. The monoisotopic (exact) mass is 310 g/mol. The fourth-order valence-corrected chi connectivity index (χ4v) is 2.42. The molecule has 3 aromatic rings. The number of hydrogen-bond acceptors (Lipinski definition) is 5. The molecule has 0 fully saturated rings. The standard InChI is InChI=1S/C17H18N4O2/c1-10-5-6-11(2)14(7-10)9-23-16(22)15-19-17-18-12(3)8-13(4)21(17)20-15/h5-8H,9H2,1-4H3. The first-order valence-electron chi connectivity index (χ1n) is 7.38. The van der Waals surface area contributed by atoms with Gasteiger partial charge < -0.3 is 4.74 Å². The minimum absolute atomic E-state index is 0.0245. The van der Waals surface area contributed by atoms with Crippen molar-refractivity contribution < 1.29 is 9.53 Å². The van der Waals surface area contributed by atoms with Gasteiger partial charge in [0.2, 0.25) is 0 Å². The second kappa shape index (κ2) is 5.79. The van der Waals surface area contributed by atoms with Gasteiger partial charge in [-0.15, -0.1) is 5.10 Å². The number of aromatic nitrogens is 4.